The second kappa shape index (κ2) is 7.10. The van der Waals surface area contributed by atoms with Gasteiger partial charge in [-0.3, -0.25) is 4.79 Å². The van der Waals surface area contributed by atoms with Crippen LogP contribution in [0.15, 0.2) is 47.6 Å². The third-order valence-corrected chi connectivity index (χ3v) is 4.04. The Morgan fingerprint density at radius 3 is 2.70 bits per heavy atom. The van der Waals surface area contributed by atoms with E-state index in [0.29, 0.717) is 9.76 Å². The van der Waals surface area contributed by atoms with Gasteiger partial charge in [-0.25, -0.2) is 0 Å². The van der Waals surface area contributed by atoms with Crippen molar-refractivity contribution in [3.63, 3.8) is 0 Å². The Labute approximate surface area is 138 Å². The molecule has 1 amide bonds. The fraction of sp³-hybridized carbons (Fsp3) is 0.143. The minimum Gasteiger partial charge on any atom is -0.618 e. The SMILES string of the molecule is O=C(CSc1cccc[n+]1[O-])Nc1ccc(Cl)c(C(F)(F)F)c1. The first-order valence-electron chi connectivity index (χ1n) is 6.25. The molecule has 0 spiro atoms. The molecule has 122 valence electrons. The van der Waals surface area contributed by atoms with Crippen molar-refractivity contribution >= 4 is 35.0 Å². The van der Waals surface area contributed by atoms with Crippen LogP contribution in [0.25, 0.3) is 0 Å². The third-order valence-electron chi connectivity index (χ3n) is 2.70. The molecule has 0 saturated heterocycles. The zero-order valence-electron chi connectivity index (χ0n) is 11.4. The highest BCUT2D eigenvalue weighted by Gasteiger charge is 2.33. The molecular formula is C14H10ClF3N2O2S. The molecule has 23 heavy (non-hydrogen) atoms. The fourth-order valence-electron chi connectivity index (χ4n) is 1.68. The lowest BCUT2D eigenvalue weighted by Crippen LogP contribution is -2.28. The van der Waals surface area contributed by atoms with Crippen LogP contribution in [0.1, 0.15) is 5.56 Å². The molecule has 1 N–H and O–H groups in total. The van der Waals surface area contributed by atoms with E-state index in [-0.39, 0.29) is 11.4 Å². The Balaban J connectivity index is 2.02. The van der Waals surface area contributed by atoms with Crippen molar-refractivity contribution < 1.29 is 22.7 Å². The Hall–Kier alpha value is -1.93. The summed E-state index contributed by atoms with van der Waals surface area (Å²) >= 11 is 6.48. The molecule has 2 rings (SSSR count). The Kier molecular flexibility index (Phi) is 5.38. The van der Waals surface area contributed by atoms with E-state index in [1.165, 1.54) is 18.3 Å². The average Bonchev–Trinajstić information content (AvgIpc) is 2.47. The van der Waals surface area contributed by atoms with Gasteiger partial charge in [0.25, 0.3) is 5.03 Å². The summed E-state index contributed by atoms with van der Waals surface area (Å²) in [5.41, 5.74) is -1.04. The molecule has 1 heterocycles. The molecule has 0 fully saturated rings. The number of amides is 1. The van der Waals surface area contributed by atoms with E-state index in [9.17, 15) is 23.2 Å². The molecule has 0 aliphatic heterocycles. The van der Waals surface area contributed by atoms with E-state index >= 15 is 0 Å². The van der Waals surface area contributed by atoms with Gasteiger partial charge in [0.1, 0.15) is 0 Å². The van der Waals surface area contributed by atoms with Crippen molar-refractivity contribution in [2.75, 3.05) is 11.1 Å². The molecule has 4 nitrogen and oxygen atoms in total. The van der Waals surface area contributed by atoms with Gasteiger partial charge in [-0.2, -0.15) is 17.9 Å². The molecule has 0 bridgehead atoms. The lowest BCUT2D eigenvalue weighted by Gasteiger charge is -2.11. The highest BCUT2D eigenvalue weighted by molar-refractivity contribution is 7.99. The number of aromatic nitrogens is 1. The number of carbonyl (C=O) groups excluding carboxylic acids is 1. The largest absolute Gasteiger partial charge is 0.618 e. The predicted molar refractivity (Wildman–Crippen MR) is 81.2 cm³/mol. The molecule has 1 aromatic carbocycles. The lowest BCUT2D eigenvalue weighted by atomic mass is 10.2. The highest BCUT2D eigenvalue weighted by Crippen LogP contribution is 2.36. The van der Waals surface area contributed by atoms with Gasteiger partial charge in [0.2, 0.25) is 5.91 Å². The highest BCUT2D eigenvalue weighted by atomic mass is 35.5. The van der Waals surface area contributed by atoms with E-state index in [0.717, 1.165) is 23.9 Å². The van der Waals surface area contributed by atoms with Crippen LogP contribution >= 0.6 is 23.4 Å². The normalized spacial score (nSPS) is 11.3. The molecule has 1 aromatic heterocycles. The van der Waals surface area contributed by atoms with Crippen molar-refractivity contribution in [1.29, 1.82) is 0 Å². The van der Waals surface area contributed by atoms with Crippen LogP contribution in [0.3, 0.4) is 0 Å². The van der Waals surface area contributed by atoms with Gasteiger partial charge >= 0.3 is 6.18 Å². The molecule has 0 radical (unpaired) electrons. The number of rotatable bonds is 4. The number of halogens is 4. The topological polar surface area (TPSA) is 56.0 Å². The quantitative estimate of drug-likeness (QED) is 0.512. The number of benzene rings is 1. The number of pyridine rings is 1. The number of carbonyl (C=O) groups is 1. The van der Waals surface area contributed by atoms with Gasteiger partial charge in [0.15, 0.2) is 6.20 Å². The van der Waals surface area contributed by atoms with E-state index < -0.39 is 22.7 Å². The molecule has 9 heteroatoms. The zero-order chi connectivity index (χ0) is 17.0. The van der Waals surface area contributed by atoms with Crippen molar-refractivity contribution in [3.05, 3.63) is 58.4 Å². The number of nitrogens with one attached hydrogen (secondary N) is 1. The summed E-state index contributed by atoms with van der Waals surface area (Å²) < 4.78 is 38.8. The molecule has 0 saturated carbocycles. The van der Waals surface area contributed by atoms with Crippen molar-refractivity contribution in [2.45, 2.75) is 11.2 Å². The number of hydrogen-bond acceptors (Lipinski definition) is 3. The smallest absolute Gasteiger partial charge is 0.417 e. The summed E-state index contributed by atoms with van der Waals surface area (Å²) in [5, 5.41) is 13.6. The van der Waals surface area contributed by atoms with Crippen molar-refractivity contribution in [1.82, 2.24) is 0 Å². The van der Waals surface area contributed by atoms with Gasteiger partial charge < -0.3 is 10.5 Å². The maximum absolute atomic E-state index is 12.7. The number of alkyl halides is 3. The van der Waals surface area contributed by atoms with Crippen LogP contribution in [0.5, 0.6) is 0 Å². The van der Waals surface area contributed by atoms with E-state index in [2.05, 4.69) is 5.32 Å². The maximum Gasteiger partial charge on any atom is 0.417 e. The summed E-state index contributed by atoms with van der Waals surface area (Å²) in [6, 6.07) is 7.83. The Bertz CT molecular complexity index is 725. The van der Waals surface area contributed by atoms with Crippen LogP contribution in [0, 0.1) is 5.21 Å². The number of nitrogens with zero attached hydrogens (tertiary/aromatic N) is 1. The first kappa shape index (κ1) is 17.4. The minimum absolute atomic E-state index is 0.0182. The van der Waals surface area contributed by atoms with Crippen LogP contribution in [0.2, 0.25) is 5.02 Å². The van der Waals surface area contributed by atoms with Gasteiger partial charge in [-0.15, -0.1) is 0 Å². The van der Waals surface area contributed by atoms with Gasteiger partial charge in [0.05, 0.1) is 16.3 Å². The first-order valence-corrected chi connectivity index (χ1v) is 7.61. The third kappa shape index (κ3) is 4.77. The van der Waals surface area contributed by atoms with Crippen LogP contribution in [-0.2, 0) is 11.0 Å². The molecular weight excluding hydrogens is 353 g/mol. The summed E-state index contributed by atoms with van der Waals surface area (Å²) in [4.78, 5) is 11.8. The monoisotopic (exact) mass is 362 g/mol. The van der Waals surface area contributed by atoms with Crippen molar-refractivity contribution in [3.8, 4) is 0 Å². The second-order valence-corrected chi connectivity index (χ2v) is 5.80. The average molecular weight is 363 g/mol. The number of hydrogen-bond donors (Lipinski definition) is 1. The molecule has 0 aliphatic rings. The predicted octanol–water partition coefficient (Wildman–Crippen LogP) is 3.72. The zero-order valence-corrected chi connectivity index (χ0v) is 13.0. The van der Waals surface area contributed by atoms with Gasteiger partial charge in [-0.1, -0.05) is 11.6 Å². The number of thioether (sulfide) groups is 1. The molecule has 0 unspecified atom stereocenters. The summed E-state index contributed by atoms with van der Waals surface area (Å²) in [7, 11) is 0. The standard InChI is InChI=1S/C14H10ClF3N2O2S/c15-11-5-4-9(7-10(11)14(16,17)18)19-12(21)8-23-13-3-1-2-6-20(13)22/h1-7H,8H2,(H,19,21). The summed E-state index contributed by atoms with van der Waals surface area (Å²) in [6.07, 6.45) is -3.32. The molecule has 0 atom stereocenters. The molecule has 2 aromatic rings. The first-order chi connectivity index (χ1) is 10.8. The Morgan fingerprint density at radius 1 is 1.30 bits per heavy atom. The van der Waals surface area contributed by atoms with Gasteiger partial charge in [0, 0.05) is 17.8 Å². The fourth-order valence-corrected chi connectivity index (χ4v) is 2.62. The van der Waals surface area contributed by atoms with Crippen LogP contribution in [-0.4, -0.2) is 11.7 Å². The van der Waals surface area contributed by atoms with Crippen LogP contribution in [0.4, 0.5) is 18.9 Å². The molecule has 0 aliphatic carbocycles. The summed E-state index contributed by atoms with van der Waals surface area (Å²) in [5.74, 6) is -0.648. The van der Waals surface area contributed by atoms with Crippen LogP contribution < -0.4 is 10.0 Å². The maximum atomic E-state index is 12.7. The minimum atomic E-state index is -4.61. The Morgan fingerprint density at radius 2 is 2.04 bits per heavy atom. The van der Waals surface area contributed by atoms with E-state index in [4.69, 9.17) is 11.6 Å². The number of anilines is 1. The van der Waals surface area contributed by atoms with Gasteiger partial charge in [-0.05, 0) is 36.0 Å². The summed E-state index contributed by atoms with van der Waals surface area (Å²) in [6.45, 7) is 0. The second-order valence-electron chi connectivity index (χ2n) is 4.39. The lowest BCUT2D eigenvalue weighted by molar-refractivity contribution is -0.645. The van der Waals surface area contributed by atoms with E-state index in [1.807, 2.05) is 0 Å². The van der Waals surface area contributed by atoms with Crippen molar-refractivity contribution in [2.24, 2.45) is 0 Å². The van der Waals surface area contributed by atoms with E-state index in [1.54, 1.807) is 12.1 Å².